The molecule has 1 aromatic carbocycles. The summed E-state index contributed by atoms with van der Waals surface area (Å²) in [4.78, 5) is 23.9. The average Bonchev–Trinajstić information content (AvgIpc) is 2.49. The quantitative estimate of drug-likeness (QED) is 0.482. The summed E-state index contributed by atoms with van der Waals surface area (Å²) in [5.41, 5.74) is -1.30. The molecule has 0 bridgehead atoms. The van der Waals surface area contributed by atoms with E-state index in [0.717, 1.165) is 10.5 Å². The molecule has 0 saturated carbocycles. The van der Waals surface area contributed by atoms with E-state index in [4.69, 9.17) is 21.1 Å². The van der Waals surface area contributed by atoms with E-state index in [1.807, 2.05) is 37.3 Å². The molecule has 0 radical (unpaired) electrons. The van der Waals surface area contributed by atoms with Crippen molar-refractivity contribution in [3.63, 3.8) is 0 Å². The van der Waals surface area contributed by atoms with Crippen molar-refractivity contribution in [1.29, 1.82) is 0 Å². The Morgan fingerprint density at radius 3 is 2.57 bits per heavy atom. The van der Waals surface area contributed by atoms with Crippen molar-refractivity contribution in [3.05, 3.63) is 35.9 Å². The fourth-order valence-corrected chi connectivity index (χ4v) is 4.99. The molecule has 128 valence electrons. The van der Waals surface area contributed by atoms with E-state index in [9.17, 15) is 14.7 Å². The minimum atomic E-state index is -2.12. The number of benzene rings is 1. The van der Waals surface area contributed by atoms with Crippen molar-refractivity contribution in [2.75, 3.05) is 25.7 Å². The van der Waals surface area contributed by atoms with Gasteiger partial charge < -0.3 is 19.2 Å². The van der Waals surface area contributed by atoms with Gasteiger partial charge in [0.15, 0.2) is 0 Å². The lowest BCUT2D eigenvalue weighted by Gasteiger charge is -2.24. The molecule has 0 saturated heterocycles. The van der Waals surface area contributed by atoms with E-state index in [0.29, 0.717) is 6.61 Å². The van der Waals surface area contributed by atoms with Crippen LogP contribution >= 0.6 is 16.8 Å². The highest BCUT2D eigenvalue weighted by Crippen LogP contribution is 2.56. The van der Waals surface area contributed by atoms with Crippen molar-refractivity contribution in [1.82, 2.24) is 4.90 Å². The Hall–Kier alpha value is -1.08. The highest BCUT2D eigenvalue weighted by Gasteiger charge is 2.19. The zero-order chi connectivity index (χ0) is 17.3. The van der Waals surface area contributed by atoms with Crippen LogP contribution in [0.5, 0.6) is 0 Å². The summed E-state index contributed by atoms with van der Waals surface area (Å²) in [5.74, 6) is -1.28. The number of carbonyl (C=O) groups excluding carboxylic acids is 2. The monoisotopic (exact) mass is 376 g/mol. The van der Waals surface area contributed by atoms with Crippen LogP contribution in [0.2, 0.25) is 0 Å². The molecular formula is C14H19NO5PS2-. The molecule has 0 spiro atoms. The van der Waals surface area contributed by atoms with Gasteiger partial charge in [0.2, 0.25) is 0 Å². The molecule has 1 rings (SSSR count). The fourth-order valence-electron chi connectivity index (χ4n) is 1.58. The molecule has 6 nitrogen and oxygen atoms in total. The SMILES string of the molecule is CCO[P@@](C)(=S)SCN(CC(=O)[O-])C(=O)OCc1ccccc1. The molecule has 1 aromatic rings. The first-order valence-electron chi connectivity index (χ1n) is 6.86. The lowest BCUT2D eigenvalue weighted by atomic mass is 10.2. The molecule has 1 atom stereocenters. The molecule has 0 aliphatic carbocycles. The van der Waals surface area contributed by atoms with E-state index in [1.54, 1.807) is 6.66 Å². The number of carboxylic acid groups (broad SMARTS) is 1. The molecule has 0 N–H and O–H groups in total. The number of amides is 1. The first-order chi connectivity index (χ1) is 10.8. The predicted molar refractivity (Wildman–Crippen MR) is 92.6 cm³/mol. The standard InChI is InChI=1S/C14H20NO5PS2/c1-3-20-21(2,22)23-11-15(9-13(16)17)14(18)19-10-12-7-5-4-6-8-12/h4-8H,3,9-11H2,1-2H3,(H,16,17)/p-1/t21-/m0/s1. The van der Waals surface area contributed by atoms with E-state index in [1.165, 1.54) is 11.4 Å². The van der Waals surface area contributed by atoms with Crippen LogP contribution in [0.3, 0.4) is 0 Å². The highest BCUT2D eigenvalue weighted by atomic mass is 32.9. The number of ether oxygens (including phenoxy) is 1. The third-order valence-corrected chi connectivity index (χ3v) is 7.55. The van der Waals surface area contributed by atoms with Gasteiger partial charge in [-0.1, -0.05) is 53.5 Å². The van der Waals surface area contributed by atoms with Gasteiger partial charge in [0.1, 0.15) is 12.1 Å². The van der Waals surface area contributed by atoms with Gasteiger partial charge in [-0.25, -0.2) is 4.79 Å². The van der Waals surface area contributed by atoms with Crippen LogP contribution in [-0.2, 0) is 32.5 Å². The summed E-state index contributed by atoms with van der Waals surface area (Å²) in [6, 6.07) is 9.13. The molecule has 0 unspecified atom stereocenters. The molecular weight excluding hydrogens is 357 g/mol. The number of carboxylic acids is 1. The Morgan fingerprint density at radius 1 is 1.35 bits per heavy atom. The molecule has 0 aliphatic heterocycles. The van der Waals surface area contributed by atoms with Gasteiger partial charge in [-0.2, -0.15) is 0 Å². The summed E-state index contributed by atoms with van der Waals surface area (Å²) in [5, 5.41) is 10.8. The second-order valence-corrected chi connectivity index (χ2v) is 12.5. The van der Waals surface area contributed by atoms with Gasteiger partial charge in [-0.3, -0.25) is 4.90 Å². The largest absolute Gasteiger partial charge is 0.548 e. The summed E-state index contributed by atoms with van der Waals surface area (Å²) in [6.45, 7) is 3.60. The van der Waals surface area contributed by atoms with Crippen LogP contribution in [0.4, 0.5) is 4.79 Å². The number of carbonyl (C=O) groups is 2. The van der Waals surface area contributed by atoms with Gasteiger partial charge in [-0.15, -0.1) is 0 Å². The smallest absolute Gasteiger partial charge is 0.411 e. The summed E-state index contributed by atoms with van der Waals surface area (Å²) < 4.78 is 10.6. The summed E-state index contributed by atoms with van der Waals surface area (Å²) in [7, 11) is 0. The van der Waals surface area contributed by atoms with Gasteiger partial charge in [0.25, 0.3) is 0 Å². The van der Waals surface area contributed by atoms with Crippen LogP contribution in [-0.4, -0.2) is 42.7 Å². The predicted octanol–water partition coefficient (Wildman–Crippen LogP) is 2.04. The van der Waals surface area contributed by atoms with Crippen molar-refractivity contribution in [3.8, 4) is 0 Å². The van der Waals surface area contributed by atoms with Crippen molar-refractivity contribution >= 4 is 40.7 Å². The van der Waals surface area contributed by atoms with Crippen LogP contribution < -0.4 is 5.11 Å². The van der Waals surface area contributed by atoms with E-state index in [2.05, 4.69) is 0 Å². The fraction of sp³-hybridized carbons (Fsp3) is 0.429. The average molecular weight is 376 g/mol. The maximum atomic E-state index is 12.1. The molecule has 23 heavy (non-hydrogen) atoms. The van der Waals surface area contributed by atoms with Crippen molar-refractivity contribution in [2.24, 2.45) is 0 Å². The topological polar surface area (TPSA) is 78.9 Å². The number of hydrogen-bond acceptors (Lipinski definition) is 7. The molecule has 0 aromatic heterocycles. The maximum absolute atomic E-state index is 12.1. The summed E-state index contributed by atoms with van der Waals surface area (Å²) in [6.07, 6.45) is -0.725. The lowest BCUT2D eigenvalue weighted by molar-refractivity contribution is -0.305. The second kappa shape index (κ2) is 9.93. The normalized spacial score (nSPS) is 13.1. The Morgan fingerprint density at radius 2 is 2.00 bits per heavy atom. The van der Waals surface area contributed by atoms with Crippen LogP contribution in [0.1, 0.15) is 12.5 Å². The van der Waals surface area contributed by atoms with Gasteiger partial charge in [-0.05, 0) is 19.2 Å². The van der Waals surface area contributed by atoms with E-state index in [-0.39, 0.29) is 12.5 Å². The molecule has 0 aliphatic rings. The first-order valence-corrected chi connectivity index (χ1v) is 11.6. The lowest BCUT2D eigenvalue weighted by Crippen LogP contribution is -2.41. The third kappa shape index (κ3) is 8.37. The number of aliphatic carboxylic acids is 1. The van der Waals surface area contributed by atoms with Crippen LogP contribution in [0.25, 0.3) is 0 Å². The Labute approximate surface area is 145 Å². The Bertz CT molecular complexity index is 570. The number of nitrogens with zero attached hydrogens (tertiary/aromatic N) is 1. The summed E-state index contributed by atoms with van der Waals surface area (Å²) >= 11 is 6.55. The molecule has 1 amide bonds. The van der Waals surface area contributed by atoms with E-state index < -0.39 is 24.1 Å². The number of hydrogen-bond donors (Lipinski definition) is 0. The minimum absolute atomic E-state index is 0.0691. The minimum Gasteiger partial charge on any atom is -0.548 e. The molecule has 0 heterocycles. The van der Waals surface area contributed by atoms with Gasteiger partial charge >= 0.3 is 6.09 Å². The zero-order valence-electron chi connectivity index (χ0n) is 13.0. The Kier molecular flexibility index (Phi) is 8.62. The van der Waals surface area contributed by atoms with Crippen molar-refractivity contribution < 1.29 is 24.0 Å². The van der Waals surface area contributed by atoms with Crippen molar-refractivity contribution in [2.45, 2.75) is 13.5 Å². The molecule has 9 heteroatoms. The first kappa shape index (κ1) is 20.0. The Balaban J connectivity index is 2.60. The highest BCUT2D eigenvalue weighted by molar-refractivity contribution is 8.69. The zero-order valence-corrected chi connectivity index (χ0v) is 15.5. The van der Waals surface area contributed by atoms with Gasteiger partial charge in [0.05, 0.1) is 18.4 Å². The second-order valence-electron chi connectivity index (χ2n) is 4.56. The van der Waals surface area contributed by atoms with E-state index >= 15 is 0 Å². The maximum Gasteiger partial charge on any atom is 0.411 e. The van der Waals surface area contributed by atoms with Gasteiger partial charge in [0, 0.05) is 6.61 Å². The number of rotatable bonds is 9. The third-order valence-electron chi connectivity index (χ3n) is 2.59. The van der Waals surface area contributed by atoms with Crippen LogP contribution in [0.15, 0.2) is 30.3 Å². The molecule has 0 fully saturated rings. The van der Waals surface area contributed by atoms with Crippen LogP contribution in [0, 0.1) is 0 Å².